The first-order chi connectivity index (χ1) is 16.6. The molecule has 0 atom stereocenters. The lowest BCUT2D eigenvalue weighted by atomic mass is 9.82. The Morgan fingerprint density at radius 3 is 2.26 bits per heavy atom. The molecule has 1 saturated heterocycles. The number of aliphatic carboxylic acids is 1. The Kier molecular flexibility index (Phi) is 8.82. The number of H-pyrrole nitrogens is 1. The van der Waals surface area contributed by atoms with Crippen molar-refractivity contribution in [3.8, 4) is 5.88 Å². The third-order valence-corrected chi connectivity index (χ3v) is 6.37. The molecule has 1 saturated carbocycles. The summed E-state index contributed by atoms with van der Waals surface area (Å²) in [7, 11) is 0. The number of carbonyl (C=O) groups is 2. The van der Waals surface area contributed by atoms with Crippen molar-refractivity contribution in [3.05, 3.63) is 34.5 Å². The Morgan fingerprint density at radius 1 is 1.09 bits per heavy atom. The number of nitrogens with one attached hydrogen (secondary N) is 1. The number of aromatic carboxylic acids is 1. The molecule has 0 spiro atoms. The van der Waals surface area contributed by atoms with Gasteiger partial charge in [0.25, 0.3) is 5.88 Å². The lowest BCUT2D eigenvalue weighted by molar-refractivity contribution is -0.192. The van der Waals surface area contributed by atoms with Gasteiger partial charge in [0.2, 0.25) is 5.69 Å². The van der Waals surface area contributed by atoms with Gasteiger partial charge in [-0.05, 0) is 68.6 Å². The van der Waals surface area contributed by atoms with E-state index >= 15 is 0 Å². The minimum absolute atomic E-state index is 0.0393. The van der Waals surface area contributed by atoms with Gasteiger partial charge in [-0.25, -0.2) is 14.7 Å². The summed E-state index contributed by atoms with van der Waals surface area (Å²) >= 11 is 6.61. The summed E-state index contributed by atoms with van der Waals surface area (Å²) in [6.45, 7) is 2.17. The molecule has 3 N–H and O–H groups in total. The van der Waals surface area contributed by atoms with E-state index in [1.165, 1.54) is 24.8 Å². The first-order valence-corrected chi connectivity index (χ1v) is 11.6. The predicted octanol–water partition coefficient (Wildman–Crippen LogP) is 4.89. The predicted molar refractivity (Wildman–Crippen MR) is 120 cm³/mol. The number of halogens is 4. The lowest BCUT2D eigenvalue weighted by Crippen LogP contribution is -2.29. The molecular weight excluding hydrogens is 493 g/mol. The Morgan fingerprint density at radius 2 is 1.71 bits per heavy atom. The molecule has 2 aromatic rings. The number of ether oxygens (including phenoxy) is 1. The summed E-state index contributed by atoms with van der Waals surface area (Å²) in [6.07, 6.45) is 2.30. The zero-order valence-electron chi connectivity index (χ0n) is 18.7. The number of aromatic amines is 1. The van der Waals surface area contributed by atoms with Gasteiger partial charge < -0.3 is 19.8 Å². The summed E-state index contributed by atoms with van der Waals surface area (Å²) in [4.78, 5) is 22.4. The van der Waals surface area contributed by atoms with Crippen molar-refractivity contribution in [1.29, 1.82) is 0 Å². The molecule has 2 heterocycles. The molecule has 9 nitrogen and oxygen atoms in total. The Hall–Kier alpha value is -3.02. The van der Waals surface area contributed by atoms with E-state index in [0.29, 0.717) is 5.92 Å². The Balaban J connectivity index is 0.000000429. The van der Waals surface area contributed by atoms with Gasteiger partial charge in [0.15, 0.2) is 0 Å². The highest BCUT2D eigenvalue weighted by molar-refractivity contribution is 6.33. The fraction of sp³-hybridized carbons (Fsp3) is 0.545. The molecule has 35 heavy (non-hydrogen) atoms. The van der Waals surface area contributed by atoms with Gasteiger partial charge in [-0.2, -0.15) is 13.2 Å². The molecule has 0 unspecified atom stereocenters. The maximum absolute atomic E-state index is 11.1. The fourth-order valence-electron chi connectivity index (χ4n) is 4.28. The minimum atomic E-state index is -5.08. The number of carboxylic acids is 2. The Labute approximate surface area is 204 Å². The number of piperidine rings is 1. The van der Waals surface area contributed by atoms with Gasteiger partial charge in [-0.15, -0.1) is 0 Å². The standard InChI is InChI=1S/C20H25ClN4O3.C2HF3O2/c21-16-12-14(6-9-17(16)25-10-2-1-3-11-25)13-4-7-15(8-5-13)28-19-18(20(26)27)22-24-23-19;3-2(4,5)1(6)7/h6,9,12-13,15H,1-5,7-8,10-11H2,(H,26,27)(H,22,23,24);(H,6,7)/t13-,15-;. The van der Waals surface area contributed by atoms with Crippen LogP contribution in [0.15, 0.2) is 18.2 Å². The van der Waals surface area contributed by atoms with Crippen molar-refractivity contribution < 1.29 is 37.7 Å². The third-order valence-electron chi connectivity index (χ3n) is 6.07. The van der Waals surface area contributed by atoms with Crippen LogP contribution < -0.4 is 9.64 Å². The number of anilines is 1. The number of carboxylic acid groups (broad SMARTS) is 2. The summed E-state index contributed by atoms with van der Waals surface area (Å²) in [5.41, 5.74) is 2.33. The van der Waals surface area contributed by atoms with Crippen LogP contribution in [0.3, 0.4) is 0 Å². The Bertz CT molecular complexity index is 1020. The summed E-state index contributed by atoms with van der Waals surface area (Å²) in [6, 6.07) is 6.50. The number of hydrogen-bond acceptors (Lipinski definition) is 6. The second kappa shape index (κ2) is 11.6. The van der Waals surface area contributed by atoms with Crippen LogP contribution in [0.4, 0.5) is 18.9 Å². The smallest absolute Gasteiger partial charge is 0.476 e. The molecule has 4 rings (SSSR count). The van der Waals surface area contributed by atoms with Gasteiger partial charge in [-0.3, -0.25) is 0 Å². The summed E-state index contributed by atoms with van der Waals surface area (Å²) < 4.78 is 37.5. The van der Waals surface area contributed by atoms with E-state index in [1.807, 2.05) is 0 Å². The van der Waals surface area contributed by atoms with Crippen molar-refractivity contribution in [2.45, 2.75) is 63.1 Å². The van der Waals surface area contributed by atoms with E-state index in [2.05, 4.69) is 38.5 Å². The topological polar surface area (TPSA) is 129 Å². The molecule has 2 fully saturated rings. The van der Waals surface area contributed by atoms with Crippen LogP contribution in [0, 0.1) is 0 Å². The van der Waals surface area contributed by atoms with Gasteiger partial charge >= 0.3 is 18.1 Å². The number of benzene rings is 1. The van der Waals surface area contributed by atoms with E-state index in [1.54, 1.807) is 0 Å². The van der Waals surface area contributed by atoms with E-state index < -0.39 is 18.1 Å². The van der Waals surface area contributed by atoms with Gasteiger partial charge in [0.1, 0.15) is 6.10 Å². The van der Waals surface area contributed by atoms with Crippen LogP contribution in [0.1, 0.15) is 66.9 Å². The highest BCUT2D eigenvalue weighted by Gasteiger charge is 2.38. The second-order valence-corrected chi connectivity index (χ2v) is 8.86. The van der Waals surface area contributed by atoms with E-state index in [0.717, 1.165) is 49.5 Å². The monoisotopic (exact) mass is 518 g/mol. The first-order valence-electron chi connectivity index (χ1n) is 11.2. The van der Waals surface area contributed by atoms with E-state index in [9.17, 15) is 18.0 Å². The van der Waals surface area contributed by atoms with Crippen molar-refractivity contribution in [1.82, 2.24) is 15.4 Å². The van der Waals surface area contributed by atoms with Crippen LogP contribution in [0.25, 0.3) is 0 Å². The average molecular weight is 519 g/mol. The van der Waals surface area contributed by atoms with Crippen LogP contribution >= 0.6 is 11.6 Å². The van der Waals surface area contributed by atoms with Crippen LogP contribution in [0.5, 0.6) is 5.88 Å². The lowest BCUT2D eigenvalue weighted by Gasteiger charge is -2.31. The van der Waals surface area contributed by atoms with Crippen molar-refractivity contribution in [2.24, 2.45) is 0 Å². The molecule has 1 aromatic heterocycles. The second-order valence-electron chi connectivity index (χ2n) is 8.45. The molecule has 2 aliphatic rings. The molecule has 0 radical (unpaired) electrons. The third kappa shape index (κ3) is 7.23. The highest BCUT2D eigenvalue weighted by Crippen LogP contribution is 2.38. The molecule has 1 aliphatic carbocycles. The molecule has 1 aliphatic heterocycles. The van der Waals surface area contributed by atoms with Crippen molar-refractivity contribution >= 4 is 29.2 Å². The van der Waals surface area contributed by atoms with E-state index in [4.69, 9.17) is 31.3 Å². The van der Waals surface area contributed by atoms with Gasteiger partial charge in [0, 0.05) is 13.1 Å². The molecular formula is C22H26ClF3N4O5. The number of rotatable bonds is 5. The maximum atomic E-state index is 11.1. The van der Waals surface area contributed by atoms with Crippen LogP contribution in [0.2, 0.25) is 5.02 Å². The fourth-order valence-corrected chi connectivity index (χ4v) is 4.59. The van der Waals surface area contributed by atoms with Gasteiger partial charge in [0.05, 0.1) is 10.7 Å². The number of alkyl halides is 3. The molecule has 0 bridgehead atoms. The quantitative estimate of drug-likeness (QED) is 0.510. The molecule has 1 aromatic carbocycles. The number of hydrogen-bond donors (Lipinski definition) is 3. The highest BCUT2D eigenvalue weighted by atomic mass is 35.5. The molecule has 192 valence electrons. The van der Waals surface area contributed by atoms with Crippen molar-refractivity contribution in [2.75, 3.05) is 18.0 Å². The normalized spacial score (nSPS) is 20.5. The van der Waals surface area contributed by atoms with E-state index in [-0.39, 0.29) is 17.7 Å². The van der Waals surface area contributed by atoms with Gasteiger partial charge in [-0.1, -0.05) is 28.0 Å². The number of aromatic nitrogens is 3. The zero-order chi connectivity index (χ0) is 25.6. The minimum Gasteiger partial charge on any atom is -0.476 e. The zero-order valence-corrected chi connectivity index (χ0v) is 19.5. The maximum Gasteiger partial charge on any atom is 0.490 e. The average Bonchev–Trinajstić information content (AvgIpc) is 3.28. The molecule has 0 amide bonds. The largest absolute Gasteiger partial charge is 0.490 e. The van der Waals surface area contributed by atoms with Crippen LogP contribution in [-0.2, 0) is 4.79 Å². The summed E-state index contributed by atoms with van der Waals surface area (Å²) in [5, 5.41) is 26.7. The van der Waals surface area contributed by atoms with Crippen LogP contribution in [-0.4, -0.2) is 62.9 Å². The molecule has 13 heteroatoms. The number of nitrogens with zero attached hydrogens (tertiary/aromatic N) is 3. The summed E-state index contributed by atoms with van der Waals surface area (Å²) in [5.74, 6) is -3.35. The SMILES string of the molecule is O=C(O)C(F)(F)F.O=C(O)c1[nH]nnc1O[C@H]1CC[C@H](c2ccc(N3CCCCC3)c(Cl)c2)CC1. The van der Waals surface area contributed by atoms with Crippen molar-refractivity contribution in [3.63, 3.8) is 0 Å². The first kappa shape index (κ1) is 26.6.